The number of amides is 2. The summed E-state index contributed by atoms with van der Waals surface area (Å²) >= 11 is 1.47. The van der Waals surface area contributed by atoms with Gasteiger partial charge in [0.15, 0.2) is 6.10 Å². The molecule has 2 aromatic heterocycles. The van der Waals surface area contributed by atoms with Crippen molar-refractivity contribution in [3.8, 4) is 5.75 Å². The van der Waals surface area contributed by atoms with E-state index < -0.39 is 6.10 Å². The van der Waals surface area contributed by atoms with Crippen LogP contribution in [-0.2, 0) is 20.9 Å². The number of carbonyl (C=O) groups excluding carboxylic acids is 2. The SMILES string of the molecule is Cc1sc2ncn(CC(=O)N3CC(C(=O)N4CCOCC4)Oc4ccccc43)c(=O)c2c1C. The second-order valence-electron chi connectivity index (χ2n) is 8.16. The second-order valence-corrected chi connectivity index (χ2v) is 9.36. The summed E-state index contributed by atoms with van der Waals surface area (Å²) in [5.74, 6) is -0.0115. The molecule has 2 aliphatic heterocycles. The predicted octanol–water partition coefficient (Wildman–Crippen LogP) is 1.73. The van der Waals surface area contributed by atoms with Crippen molar-refractivity contribution < 1.29 is 19.1 Å². The van der Waals surface area contributed by atoms with Crippen LogP contribution in [0.15, 0.2) is 35.4 Å². The van der Waals surface area contributed by atoms with E-state index >= 15 is 0 Å². The number of aromatic nitrogens is 2. The van der Waals surface area contributed by atoms with Crippen molar-refractivity contribution in [3.05, 3.63) is 51.4 Å². The first-order valence-corrected chi connectivity index (χ1v) is 11.6. The van der Waals surface area contributed by atoms with E-state index in [9.17, 15) is 14.4 Å². The van der Waals surface area contributed by atoms with Gasteiger partial charge in [0.1, 0.15) is 17.1 Å². The first-order valence-electron chi connectivity index (χ1n) is 10.8. The van der Waals surface area contributed by atoms with Gasteiger partial charge in [-0.2, -0.15) is 0 Å². The third-order valence-corrected chi connectivity index (χ3v) is 7.25. The molecule has 4 heterocycles. The van der Waals surface area contributed by atoms with Crippen LogP contribution < -0.4 is 15.2 Å². The number of ether oxygens (including phenoxy) is 2. The summed E-state index contributed by atoms with van der Waals surface area (Å²) in [6.45, 7) is 5.70. The highest BCUT2D eigenvalue weighted by atomic mass is 32.1. The zero-order valence-corrected chi connectivity index (χ0v) is 19.3. The summed E-state index contributed by atoms with van der Waals surface area (Å²) in [5, 5.41) is 0.551. The van der Waals surface area contributed by atoms with Crippen LogP contribution in [0.1, 0.15) is 10.4 Å². The Morgan fingerprint density at radius 1 is 1.18 bits per heavy atom. The van der Waals surface area contributed by atoms with Gasteiger partial charge in [-0.15, -0.1) is 11.3 Å². The zero-order chi connectivity index (χ0) is 23.1. The van der Waals surface area contributed by atoms with Crippen LogP contribution in [0.2, 0.25) is 0 Å². The molecule has 172 valence electrons. The van der Waals surface area contributed by atoms with Crippen molar-refractivity contribution in [2.24, 2.45) is 0 Å². The van der Waals surface area contributed by atoms with Gasteiger partial charge in [-0.3, -0.25) is 19.0 Å². The quantitative estimate of drug-likeness (QED) is 0.581. The molecule has 0 N–H and O–H groups in total. The number of carbonyl (C=O) groups is 2. The zero-order valence-electron chi connectivity index (χ0n) is 18.4. The third-order valence-electron chi connectivity index (χ3n) is 6.13. The number of fused-ring (bicyclic) bond motifs is 2. The highest BCUT2D eigenvalue weighted by Gasteiger charge is 2.36. The molecule has 3 aromatic rings. The fraction of sp³-hybridized carbons (Fsp3) is 0.391. The van der Waals surface area contributed by atoms with Crippen LogP contribution in [0.3, 0.4) is 0 Å². The lowest BCUT2D eigenvalue weighted by Gasteiger charge is -2.37. The minimum atomic E-state index is -0.818. The molecular weight excluding hydrogens is 444 g/mol. The van der Waals surface area contributed by atoms with Gasteiger partial charge in [-0.05, 0) is 31.5 Å². The maximum atomic E-state index is 13.4. The molecule has 1 unspecified atom stereocenters. The lowest BCUT2D eigenvalue weighted by molar-refractivity contribution is -0.142. The highest BCUT2D eigenvalue weighted by Crippen LogP contribution is 2.34. The number of thiophene rings is 1. The fourth-order valence-electron chi connectivity index (χ4n) is 4.20. The molecular formula is C23H24N4O5S. The Bertz CT molecular complexity index is 1290. The smallest absolute Gasteiger partial charge is 0.265 e. The molecule has 5 rings (SSSR count). The predicted molar refractivity (Wildman–Crippen MR) is 124 cm³/mol. The van der Waals surface area contributed by atoms with E-state index in [1.54, 1.807) is 23.1 Å². The Kier molecular flexibility index (Phi) is 5.63. The van der Waals surface area contributed by atoms with Crippen molar-refractivity contribution in [2.45, 2.75) is 26.5 Å². The van der Waals surface area contributed by atoms with Crippen LogP contribution >= 0.6 is 11.3 Å². The second kappa shape index (κ2) is 8.60. The normalized spacial score (nSPS) is 18.2. The molecule has 1 aromatic carbocycles. The first kappa shape index (κ1) is 21.6. The largest absolute Gasteiger partial charge is 0.476 e. The van der Waals surface area contributed by atoms with E-state index in [-0.39, 0.29) is 30.5 Å². The first-order chi connectivity index (χ1) is 15.9. The fourth-order valence-corrected chi connectivity index (χ4v) is 5.19. The van der Waals surface area contributed by atoms with E-state index in [1.807, 2.05) is 19.9 Å². The minimum Gasteiger partial charge on any atom is -0.476 e. The van der Waals surface area contributed by atoms with E-state index in [2.05, 4.69) is 4.98 Å². The van der Waals surface area contributed by atoms with Crippen molar-refractivity contribution in [3.63, 3.8) is 0 Å². The molecule has 0 saturated carbocycles. The third kappa shape index (κ3) is 3.89. The molecule has 1 atom stereocenters. The molecule has 2 aliphatic rings. The van der Waals surface area contributed by atoms with Crippen LogP contribution in [0, 0.1) is 13.8 Å². The number of hydrogen-bond acceptors (Lipinski definition) is 7. The summed E-state index contributed by atoms with van der Waals surface area (Å²) < 4.78 is 12.6. The number of hydrogen-bond donors (Lipinski definition) is 0. The minimum absolute atomic E-state index is 0.0764. The standard InChI is InChI=1S/C23H24N4O5S/c1-14-15(2)33-21-20(14)23(30)26(13-24-21)12-19(28)27-11-18(22(29)25-7-9-31-10-8-25)32-17-6-4-3-5-16(17)27/h3-6,13,18H,7-12H2,1-2H3. The number of benzene rings is 1. The Balaban J connectivity index is 1.43. The van der Waals surface area contributed by atoms with Gasteiger partial charge in [0.25, 0.3) is 11.5 Å². The lowest BCUT2D eigenvalue weighted by atomic mass is 10.1. The number of anilines is 1. The van der Waals surface area contributed by atoms with Gasteiger partial charge in [0, 0.05) is 18.0 Å². The maximum Gasteiger partial charge on any atom is 0.265 e. The van der Waals surface area contributed by atoms with Crippen LogP contribution in [0.5, 0.6) is 5.75 Å². The summed E-state index contributed by atoms with van der Waals surface area (Å²) in [6, 6.07) is 7.13. The van der Waals surface area contributed by atoms with Crippen molar-refractivity contribution in [1.82, 2.24) is 14.5 Å². The molecule has 1 saturated heterocycles. The van der Waals surface area contributed by atoms with Crippen molar-refractivity contribution >= 4 is 39.1 Å². The number of aryl methyl sites for hydroxylation is 2. The van der Waals surface area contributed by atoms with E-state index in [0.717, 1.165) is 10.4 Å². The molecule has 33 heavy (non-hydrogen) atoms. The monoisotopic (exact) mass is 468 g/mol. The lowest BCUT2D eigenvalue weighted by Crippen LogP contribution is -2.54. The van der Waals surface area contributed by atoms with Crippen LogP contribution in [0.25, 0.3) is 10.2 Å². The Morgan fingerprint density at radius 2 is 1.94 bits per heavy atom. The average molecular weight is 469 g/mol. The molecule has 1 fully saturated rings. The Hall–Kier alpha value is -3.24. The molecule has 10 heteroatoms. The van der Waals surface area contributed by atoms with Gasteiger partial charge in [0.2, 0.25) is 5.91 Å². The van der Waals surface area contributed by atoms with Crippen molar-refractivity contribution in [1.29, 1.82) is 0 Å². The number of nitrogens with zero attached hydrogens (tertiary/aromatic N) is 4. The van der Waals surface area contributed by atoms with E-state index in [4.69, 9.17) is 9.47 Å². The van der Waals surface area contributed by atoms with Gasteiger partial charge >= 0.3 is 0 Å². The highest BCUT2D eigenvalue weighted by molar-refractivity contribution is 7.18. The summed E-state index contributed by atoms with van der Waals surface area (Å²) in [6.07, 6.45) is 0.599. The maximum absolute atomic E-state index is 13.4. The van der Waals surface area contributed by atoms with E-state index in [1.165, 1.54) is 27.1 Å². The summed E-state index contributed by atoms with van der Waals surface area (Å²) in [5.41, 5.74) is 1.23. The summed E-state index contributed by atoms with van der Waals surface area (Å²) in [4.78, 5) is 48.9. The molecule has 0 radical (unpaired) electrons. The van der Waals surface area contributed by atoms with Crippen LogP contribution in [0.4, 0.5) is 5.69 Å². The van der Waals surface area contributed by atoms with Gasteiger partial charge in [-0.1, -0.05) is 12.1 Å². The number of morpholine rings is 1. The number of para-hydroxylation sites is 2. The molecule has 2 amide bonds. The van der Waals surface area contributed by atoms with Gasteiger partial charge in [0.05, 0.1) is 37.2 Å². The van der Waals surface area contributed by atoms with Crippen LogP contribution in [-0.4, -0.2) is 65.2 Å². The Morgan fingerprint density at radius 3 is 2.73 bits per heavy atom. The molecule has 0 bridgehead atoms. The molecule has 0 aliphatic carbocycles. The average Bonchev–Trinajstić information content (AvgIpc) is 3.14. The van der Waals surface area contributed by atoms with Gasteiger partial charge < -0.3 is 19.3 Å². The topological polar surface area (TPSA) is 94.0 Å². The van der Waals surface area contributed by atoms with Crippen molar-refractivity contribution in [2.75, 3.05) is 37.7 Å². The van der Waals surface area contributed by atoms with E-state index in [0.29, 0.717) is 48.0 Å². The number of rotatable bonds is 3. The molecule has 0 spiro atoms. The summed E-state index contributed by atoms with van der Waals surface area (Å²) in [7, 11) is 0. The van der Waals surface area contributed by atoms with Gasteiger partial charge in [-0.25, -0.2) is 4.98 Å². The Labute approximate surface area is 194 Å². The molecule has 9 nitrogen and oxygen atoms in total.